The van der Waals surface area contributed by atoms with E-state index in [1.54, 1.807) is 7.11 Å². The number of ether oxygens (including phenoxy) is 1. The lowest BCUT2D eigenvalue weighted by atomic mass is 9.93. The highest BCUT2D eigenvalue weighted by molar-refractivity contribution is 5.67. The van der Waals surface area contributed by atoms with Crippen LogP contribution in [0.1, 0.15) is 43.8 Å². The Morgan fingerprint density at radius 2 is 1.89 bits per heavy atom. The first-order valence-electron chi connectivity index (χ1n) is 10.1. The van der Waals surface area contributed by atoms with Crippen molar-refractivity contribution in [1.82, 2.24) is 14.9 Å². The highest BCUT2D eigenvalue weighted by Gasteiger charge is 2.32. The Balaban J connectivity index is 1.73. The van der Waals surface area contributed by atoms with Gasteiger partial charge < -0.3 is 9.64 Å². The van der Waals surface area contributed by atoms with Gasteiger partial charge in [0, 0.05) is 32.4 Å². The van der Waals surface area contributed by atoms with Gasteiger partial charge in [-0.25, -0.2) is 9.97 Å². The van der Waals surface area contributed by atoms with Gasteiger partial charge in [-0.1, -0.05) is 18.6 Å². The lowest BCUT2D eigenvalue weighted by molar-refractivity contribution is 0.139. The molecule has 0 bridgehead atoms. The summed E-state index contributed by atoms with van der Waals surface area (Å²) in [7, 11) is 5.72. The maximum absolute atomic E-state index is 5.32. The molecule has 27 heavy (non-hydrogen) atoms. The molecule has 2 heterocycles. The molecule has 0 amide bonds. The highest BCUT2D eigenvalue weighted by Crippen LogP contribution is 2.39. The minimum atomic E-state index is 0.387. The Labute approximate surface area is 162 Å². The molecule has 1 aliphatic carbocycles. The zero-order valence-corrected chi connectivity index (χ0v) is 16.7. The quantitative estimate of drug-likeness (QED) is 0.768. The van der Waals surface area contributed by atoms with Gasteiger partial charge in [-0.2, -0.15) is 0 Å². The van der Waals surface area contributed by atoms with Crippen LogP contribution in [0, 0.1) is 5.92 Å². The smallest absolute Gasteiger partial charge is 0.225 e. The molecule has 1 saturated carbocycles. The molecule has 0 unspecified atom stereocenters. The fourth-order valence-electron chi connectivity index (χ4n) is 4.00. The van der Waals surface area contributed by atoms with Crippen molar-refractivity contribution < 1.29 is 4.74 Å². The number of hydrogen-bond acceptors (Lipinski definition) is 5. The van der Waals surface area contributed by atoms with E-state index in [-0.39, 0.29) is 0 Å². The second-order valence-corrected chi connectivity index (χ2v) is 8.04. The average molecular weight is 367 g/mol. The van der Waals surface area contributed by atoms with E-state index < -0.39 is 0 Å². The fourth-order valence-corrected chi connectivity index (χ4v) is 4.00. The van der Waals surface area contributed by atoms with Crippen LogP contribution in [0.15, 0.2) is 30.5 Å². The summed E-state index contributed by atoms with van der Waals surface area (Å²) in [4.78, 5) is 14.3. The minimum absolute atomic E-state index is 0.387. The second-order valence-electron chi connectivity index (χ2n) is 8.04. The number of methoxy groups -OCH3 is 1. The van der Waals surface area contributed by atoms with Crippen molar-refractivity contribution in [2.24, 2.45) is 5.92 Å². The SMILES string of the molecule is COc1ccc(-c2cnc(N(C)C)nc2[C@H]2CCCCN2CC2CC2)cc1. The number of rotatable bonds is 6. The summed E-state index contributed by atoms with van der Waals surface area (Å²) in [6.45, 7) is 2.40. The van der Waals surface area contributed by atoms with Crippen LogP contribution in [0.3, 0.4) is 0 Å². The van der Waals surface area contributed by atoms with E-state index in [0.717, 1.165) is 28.7 Å². The van der Waals surface area contributed by atoms with Gasteiger partial charge in [0.2, 0.25) is 5.95 Å². The number of nitrogens with zero attached hydrogens (tertiary/aromatic N) is 4. The Bertz CT molecular complexity index is 770. The van der Waals surface area contributed by atoms with Crippen LogP contribution in [0.4, 0.5) is 5.95 Å². The molecule has 5 nitrogen and oxygen atoms in total. The van der Waals surface area contributed by atoms with Gasteiger partial charge in [-0.3, -0.25) is 4.90 Å². The van der Waals surface area contributed by atoms with E-state index in [1.165, 1.54) is 50.9 Å². The number of aromatic nitrogens is 2. The Morgan fingerprint density at radius 1 is 1.11 bits per heavy atom. The fraction of sp³-hybridized carbons (Fsp3) is 0.545. The summed E-state index contributed by atoms with van der Waals surface area (Å²) in [5.74, 6) is 2.56. The summed E-state index contributed by atoms with van der Waals surface area (Å²) >= 11 is 0. The molecule has 144 valence electrons. The van der Waals surface area contributed by atoms with Crippen molar-refractivity contribution in [3.05, 3.63) is 36.2 Å². The lowest BCUT2D eigenvalue weighted by Gasteiger charge is -2.36. The van der Waals surface area contributed by atoms with E-state index in [4.69, 9.17) is 9.72 Å². The summed E-state index contributed by atoms with van der Waals surface area (Å²) in [6, 6.07) is 8.65. The van der Waals surface area contributed by atoms with Crippen LogP contribution >= 0.6 is 0 Å². The first-order valence-corrected chi connectivity index (χ1v) is 10.1. The van der Waals surface area contributed by atoms with Gasteiger partial charge in [0.25, 0.3) is 0 Å². The molecule has 0 N–H and O–H groups in total. The summed E-state index contributed by atoms with van der Waals surface area (Å²) in [6.07, 6.45) is 8.54. The summed E-state index contributed by atoms with van der Waals surface area (Å²) in [5.41, 5.74) is 3.49. The number of anilines is 1. The molecule has 4 rings (SSSR count). The standard InChI is InChI=1S/C22H30N4O/c1-25(2)22-23-14-19(17-9-11-18(27-3)12-10-17)21(24-22)20-6-4-5-13-26(20)15-16-7-8-16/h9-12,14,16,20H,4-8,13,15H2,1-3H3/t20-/m1/s1. The first-order chi connectivity index (χ1) is 13.2. The molecule has 1 aromatic heterocycles. The maximum Gasteiger partial charge on any atom is 0.225 e. The monoisotopic (exact) mass is 366 g/mol. The van der Waals surface area contributed by atoms with Crippen LogP contribution in [0.5, 0.6) is 5.75 Å². The highest BCUT2D eigenvalue weighted by atomic mass is 16.5. The molecule has 0 spiro atoms. The lowest BCUT2D eigenvalue weighted by Crippen LogP contribution is -2.36. The third kappa shape index (κ3) is 4.08. The molecule has 0 radical (unpaired) electrons. The Hall–Kier alpha value is -2.14. The van der Waals surface area contributed by atoms with Gasteiger partial charge in [0.05, 0.1) is 18.8 Å². The van der Waals surface area contributed by atoms with E-state index >= 15 is 0 Å². The van der Waals surface area contributed by atoms with Gasteiger partial charge in [0.15, 0.2) is 0 Å². The van der Waals surface area contributed by atoms with Crippen LogP contribution in [0.25, 0.3) is 11.1 Å². The minimum Gasteiger partial charge on any atom is -0.497 e. The molecule has 2 aliphatic rings. The van der Waals surface area contributed by atoms with E-state index in [0.29, 0.717) is 6.04 Å². The van der Waals surface area contributed by atoms with Crippen molar-refractivity contribution in [1.29, 1.82) is 0 Å². The summed E-state index contributed by atoms with van der Waals surface area (Å²) in [5, 5.41) is 0. The van der Waals surface area contributed by atoms with Crippen molar-refractivity contribution in [3.63, 3.8) is 0 Å². The van der Waals surface area contributed by atoms with Crippen LogP contribution in [0.2, 0.25) is 0 Å². The van der Waals surface area contributed by atoms with Gasteiger partial charge >= 0.3 is 0 Å². The molecule has 1 aliphatic heterocycles. The predicted molar refractivity (Wildman–Crippen MR) is 109 cm³/mol. The number of benzene rings is 1. The maximum atomic E-state index is 5.32. The molecular formula is C22H30N4O. The number of likely N-dealkylation sites (tertiary alicyclic amines) is 1. The van der Waals surface area contributed by atoms with E-state index in [9.17, 15) is 0 Å². The third-order valence-corrected chi connectivity index (χ3v) is 5.73. The topological polar surface area (TPSA) is 41.5 Å². The van der Waals surface area contributed by atoms with Crippen molar-refractivity contribution >= 4 is 5.95 Å². The number of hydrogen-bond donors (Lipinski definition) is 0. The van der Waals surface area contributed by atoms with E-state index in [1.807, 2.05) is 37.3 Å². The normalized spacial score (nSPS) is 20.5. The van der Waals surface area contributed by atoms with Gasteiger partial charge in [-0.15, -0.1) is 0 Å². The molecule has 1 atom stereocenters. The van der Waals surface area contributed by atoms with Crippen LogP contribution in [-0.2, 0) is 0 Å². The molecule has 5 heteroatoms. The second kappa shape index (κ2) is 7.85. The Morgan fingerprint density at radius 3 is 2.56 bits per heavy atom. The van der Waals surface area contributed by atoms with Crippen molar-refractivity contribution in [2.45, 2.75) is 38.1 Å². The largest absolute Gasteiger partial charge is 0.497 e. The third-order valence-electron chi connectivity index (χ3n) is 5.73. The Kier molecular flexibility index (Phi) is 5.30. The van der Waals surface area contributed by atoms with E-state index in [2.05, 4.69) is 22.0 Å². The zero-order chi connectivity index (χ0) is 18.8. The zero-order valence-electron chi connectivity index (χ0n) is 16.7. The number of piperidine rings is 1. The predicted octanol–water partition coefficient (Wildman–Crippen LogP) is 4.16. The van der Waals surface area contributed by atoms with Gasteiger partial charge in [0.1, 0.15) is 5.75 Å². The molecular weight excluding hydrogens is 336 g/mol. The molecule has 1 aromatic carbocycles. The molecule has 2 fully saturated rings. The van der Waals surface area contributed by atoms with Crippen molar-refractivity contribution in [3.8, 4) is 16.9 Å². The van der Waals surface area contributed by atoms with Gasteiger partial charge in [-0.05, 0) is 55.8 Å². The molecule has 2 aromatic rings. The van der Waals surface area contributed by atoms with Crippen LogP contribution in [-0.4, -0.2) is 49.2 Å². The summed E-state index contributed by atoms with van der Waals surface area (Å²) < 4.78 is 5.32. The van der Waals surface area contributed by atoms with Crippen molar-refractivity contribution in [2.75, 3.05) is 39.2 Å². The first kappa shape index (κ1) is 18.2. The molecule has 1 saturated heterocycles. The van der Waals surface area contributed by atoms with Crippen LogP contribution < -0.4 is 9.64 Å². The average Bonchev–Trinajstić information content (AvgIpc) is 3.52.